The van der Waals surface area contributed by atoms with Crippen LogP contribution in [0.25, 0.3) is 0 Å². The van der Waals surface area contributed by atoms with E-state index in [0.717, 1.165) is 24.5 Å². The number of pyridine rings is 1. The lowest BCUT2D eigenvalue weighted by molar-refractivity contribution is -0.364. The molecule has 1 saturated heterocycles. The van der Waals surface area contributed by atoms with Gasteiger partial charge in [-0.3, -0.25) is 14.5 Å². The number of furan rings is 1. The predicted octanol–water partition coefficient (Wildman–Crippen LogP) is 1.78. The highest BCUT2D eigenvalue weighted by molar-refractivity contribution is 5.95. The van der Waals surface area contributed by atoms with Gasteiger partial charge in [-0.15, -0.1) is 0 Å². The van der Waals surface area contributed by atoms with E-state index < -0.39 is 6.04 Å². The maximum absolute atomic E-state index is 13.3. The van der Waals surface area contributed by atoms with Crippen LogP contribution in [0.3, 0.4) is 0 Å². The summed E-state index contributed by atoms with van der Waals surface area (Å²) >= 11 is 0. The average Bonchev–Trinajstić information content (AvgIpc) is 3.35. The van der Waals surface area contributed by atoms with E-state index in [-0.39, 0.29) is 17.6 Å². The standard InChI is InChI=1S/C23H24N4O3/c28-22(20-9-6-16-30-20)25-19(17-18-7-2-1-3-8-18)23(29)27-14-12-26(13-15-27)21-10-4-5-11-24-21/h1-11,16,19H,12-15,17H2,(H,25,28)/p+1/t19-/m0/s1. The van der Waals surface area contributed by atoms with E-state index >= 15 is 0 Å². The molecule has 1 aromatic carbocycles. The van der Waals surface area contributed by atoms with E-state index in [1.54, 1.807) is 12.1 Å². The molecule has 30 heavy (non-hydrogen) atoms. The number of anilines is 1. The Kier molecular flexibility index (Phi) is 6.08. The monoisotopic (exact) mass is 405 g/mol. The summed E-state index contributed by atoms with van der Waals surface area (Å²) in [6, 6.07) is 18.3. The van der Waals surface area contributed by atoms with Crippen LogP contribution in [-0.4, -0.2) is 48.9 Å². The molecule has 0 spiro atoms. The van der Waals surface area contributed by atoms with Crippen LogP contribution in [0.5, 0.6) is 0 Å². The van der Waals surface area contributed by atoms with Crippen molar-refractivity contribution in [3.05, 3.63) is 84.4 Å². The highest BCUT2D eigenvalue weighted by atomic mass is 16.3. The molecule has 3 aromatic rings. The second kappa shape index (κ2) is 9.26. The summed E-state index contributed by atoms with van der Waals surface area (Å²) in [5, 5.41) is 2.86. The van der Waals surface area contributed by atoms with Crippen LogP contribution < -0.4 is 15.2 Å². The summed E-state index contributed by atoms with van der Waals surface area (Å²) in [5.74, 6) is 0.782. The molecule has 0 bridgehead atoms. The molecule has 2 N–H and O–H groups in total. The van der Waals surface area contributed by atoms with Gasteiger partial charge < -0.3 is 14.6 Å². The van der Waals surface area contributed by atoms with Gasteiger partial charge in [0.1, 0.15) is 19.1 Å². The zero-order valence-electron chi connectivity index (χ0n) is 16.7. The first-order valence-electron chi connectivity index (χ1n) is 10.1. The van der Waals surface area contributed by atoms with Gasteiger partial charge in [0.15, 0.2) is 5.76 Å². The minimum atomic E-state index is -0.653. The molecule has 0 aliphatic carbocycles. The average molecular weight is 405 g/mol. The molecular weight excluding hydrogens is 380 g/mol. The molecule has 1 fully saturated rings. The quantitative estimate of drug-likeness (QED) is 0.678. The number of nitrogens with one attached hydrogen (secondary N) is 2. The van der Waals surface area contributed by atoms with Gasteiger partial charge in [-0.25, -0.2) is 4.98 Å². The number of amides is 2. The lowest BCUT2D eigenvalue weighted by Crippen LogP contribution is -2.56. The number of aromatic amines is 1. The summed E-state index contributed by atoms with van der Waals surface area (Å²) in [7, 11) is 0. The first-order chi connectivity index (χ1) is 14.7. The topological polar surface area (TPSA) is 79.9 Å². The highest BCUT2D eigenvalue weighted by Gasteiger charge is 2.31. The number of carbonyl (C=O) groups is 2. The Morgan fingerprint density at radius 3 is 2.40 bits per heavy atom. The SMILES string of the molecule is O=C(N[C@@H](Cc1ccccc1)C(=O)N1CCN(c2cccc[nH+]2)CC1)c1ccco1. The Morgan fingerprint density at radius 1 is 0.967 bits per heavy atom. The first kappa shape index (κ1) is 19.7. The molecule has 7 heteroatoms. The Bertz CT molecular complexity index is 953. The van der Waals surface area contributed by atoms with Crippen molar-refractivity contribution in [3.63, 3.8) is 0 Å². The van der Waals surface area contributed by atoms with Crippen LogP contribution in [0.4, 0.5) is 5.82 Å². The molecule has 1 atom stereocenters. The molecule has 2 aromatic heterocycles. The van der Waals surface area contributed by atoms with Crippen LogP contribution in [0.2, 0.25) is 0 Å². The molecule has 2 amide bonds. The number of piperazine rings is 1. The van der Waals surface area contributed by atoms with Crippen molar-refractivity contribution in [2.45, 2.75) is 12.5 Å². The van der Waals surface area contributed by atoms with Crippen molar-refractivity contribution < 1.29 is 19.0 Å². The summed E-state index contributed by atoms with van der Waals surface area (Å²) < 4.78 is 5.19. The number of benzene rings is 1. The minimum absolute atomic E-state index is 0.0737. The van der Waals surface area contributed by atoms with Crippen molar-refractivity contribution in [2.75, 3.05) is 31.1 Å². The maximum atomic E-state index is 13.3. The number of rotatable bonds is 6. The normalized spacial score (nSPS) is 14.9. The van der Waals surface area contributed by atoms with Crippen molar-refractivity contribution >= 4 is 17.6 Å². The van der Waals surface area contributed by atoms with Crippen LogP contribution >= 0.6 is 0 Å². The number of carbonyl (C=O) groups excluding carboxylic acids is 2. The smallest absolute Gasteiger partial charge is 0.287 e. The zero-order chi connectivity index (χ0) is 20.8. The van der Waals surface area contributed by atoms with Crippen molar-refractivity contribution in [2.24, 2.45) is 0 Å². The highest BCUT2D eigenvalue weighted by Crippen LogP contribution is 2.13. The molecular formula is C23H25N4O3+. The van der Waals surface area contributed by atoms with Gasteiger partial charge in [0, 0.05) is 12.5 Å². The van der Waals surface area contributed by atoms with Crippen LogP contribution in [0, 0.1) is 0 Å². The first-order valence-corrected chi connectivity index (χ1v) is 10.1. The fraction of sp³-hybridized carbons (Fsp3) is 0.261. The molecule has 3 heterocycles. The summed E-state index contributed by atoms with van der Waals surface area (Å²) in [4.78, 5) is 33.1. The fourth-order valence-corrected chi connectivity index (χ4v) is 3.66. The number of nitrogens with zero attached hydrogens (tertiary/aromatic N) is 2. The van der Waals surface area contributed by atoms with Gasteiger partial charge in [0.05, 0.1) is 25.5 Å². The van der Waals surface area contributed by atoms with Crippen LogP contribution in [0.15, 0.2) is 77.5 Å². The third-order valence-electron chi connectivity index (χ3n) is 5.26. The Balaban J connectivity index is 1.44. The molecule has 0 radical (unpaired) electrons. The van der Waals surface area contributed by atoms with E-state index in [1.165, 1.54) is 6.26 Å². The largest absolute Gasteiger partial charge is 0.459 e. The van der Waals surface area contributed by atoms with Crippen LogP contribution in [-0.2, 0) is 11.2 Å². The molecule has 7 nitrogen and oxygen atoms in total. The van der Waals surface area contributed by atoms with Crippen molar-refractivity contribution in [3.8, 4) is 0 Å². The van der Waals surface area contributed by atoms with E-state index in [1.807, 2.05) is 59.6 Å². The van der Waals surface area contributed by atoms with Gasteiger partial charge in [-0.2, -0.15) is 0 Å². The van der Waals surface area contributed by atoms with E-state index in [0.29, 0.717) is 19.5 Å². The molecule has 0 unspecified atom stereocenters. The van der Waals surface area contributed by atoms with Gasteiger partial charge in [-0.1, -0.05) is 36.4 Å². The molecule has 0 saturated carbocycles. The Labute approximate surface area is 175 Å². The Morgan fingerprint density at radius 2 is 1.73 bits per heavy atom. The summed E-state index contributed by atoms with van der Waals surface area (Å²) in [6.45, 7) is 2.67. The number of aromatic nitrogens is 1. The fourth-order valence-electron chi connectivity index (χ4n) is 3.66. The van der Waals surface area contributed by atoms with Gasteiger partial charge in [-0.05, 0) is 23.8 Å². The predicted molar refractivity (Wildman–Crippen MR) is 112 cm³/mol. The number of hydrogen-bond donors (Lipinski definition) is 1. The number of H-pyrrole nitrogens is 1. The molecule has 1 aliphatic heterocycles. The van der Waals surface area contributed by atoms with E-state index in [9.17, 15) is 9.59 Å². The van der Waals surface area contributed by atoms with Gasteiger partial charge >= 0.3 is 0 Å². The van der Waals surface area contributed by atoms with E-state index in [4.69, 9.17) is 4.42 Å². The number of hydrogen-bond acceptors (Lipinski definition) is 4. The molecule has 4 rings (SSSR count). The lowest BCUT2D eigenvalue weighted by Gasteiger charge is -2.33. The minimum Gasteiger partial charge on any atom is -0.459 e. The summed E-state index contributed by atoms with van der Waals surface area (Å²) in [6.07, 6.45) is 3.77. The van der Waals surface area contributed by atoms with Gasteiger partial charge in [0.2, 0.25) is 5.91 Å². The van der Waals surface area contributed by atoms with Crippen molar-refractivity contribution in [1.82, 2.24) is 10.2 Å². The van der Waals surface area contributed by atoms with Crippen molar-refractivity contribution in [1.29, 1.82) is 0 Å². The molecule has 154 valence electrons. The lowest BCUT2D eigenvalue weighted by atomic mass is 10.0. The molecule has 1 aliphatic rings. The van der Waals surface area contributed by atoms with Gasteiger partial charge in [0.25, 0.3) is 11.7 Å². The second-order valence-electron chi connectivity index (χ2n) is 7.25. The second-order valence-corrected chi connectivity index (χ2v) is 7.25. The zero-order valence-corrected chi connectivity index (χ0v) is 16.7. The maximum Gasteiger partial charge on any atom is 0.287 e. The third kappa shape index (κ3) is 4.68. The summed E-state index contributed by atoms with van der Waals surface area (Å²) in [5.41, 5.74) is 0.994. The van der Waals surface area contributed by atoms with Crippen LogP contribution in [0.1, 0.15) is 16.1 Å². The third-order valence-corrected chi connectivity index (χ3v) is 5.26. The van der Waals surface area contributed by atoms with E-state index in [2.05, 4.69) is 15.2 Å². The Hall–Kier alpha value is -3.61.